The highest BCUT2D eigenvalue weighted by Crippen LogP contribution is 2.27. The second-order valence-corrected chi connectivity index (χ2v) is 5.60. The summed E-state index contributed by atoms with van der Waals surface area (Å²) in [7, 11) is 0. The summed E-state index contributed by atoms with van der Waals surface area (Å²) in [6.07, 6.45) is 1.17. The van der Waals surface area contributed by atoms with Gasteiger partial charge in [-0.2, -0.15) is 0 Å². The molecule has 0 heterocycles. The maximum Gasteiger partial charge on any atom is 0.311 e. The number of halogens is 1. The third kappa shape index (κ3) is 4.55. The molecule has 4 heteroatoms. The SMILES string of the molecule is CCCOc1ccc(C(Cc2cccc(F)c2)C(=O)O)cc1C. The first-order valence-corrected chi connectivity index (χ1v) is 7.72. The minimum absolute atomic E-state index is 0.252. The number of benzene rings is 2. The molecule has 23 heavy (non-hydrogen) atoms. The summed E-state index contributed by atoms with van der Waals surface area (Å²) >= 11 is 0. The average molecular weight is 316 g/mol. The Kier molecular flexibility index (Phi) is 5.74. The Labute approximate surface area is 135 Å². The fourth-order valence-corrected chi connectivity index (χ4v) is 2.51. The van der Waals surface area contributed by atoms with Gasteiger partial charge in [0.1, 0.15) is 11.6 Å². The molecule has 0 aromatic heterocycles. The summed E-state index contributed by atoms with van der Waals surface area (Å²) in [6, 6.07) is 11.5. The van der Waals surface area contributed by atoms with E-state index in [1.807, 2.05) is 26.0 Å². The van der Waals surface area contributed by atoms with Crippen LogP contribution in [0.3, 0.4) is 0 Å². The second kappa shape index (κ2) is 7.77. The van der Waals surface area contributed by atoms with Gasteiger partial charge in [0.15, 0.2) is 0 Å². The Morgan fingerprint density at radius 3 is 2.65 bits per heavy atom. The highest BCUT2D eigenvalue weighted by atomic mass is 19.1. The van der Waals surface area contributed by atoms with Crippen LogP contribution >= 0.6 is 0 Å². The lowest BCUT2D eigenvalue weighted by molar-refractivity contribution is -0.138. The number of rotatable bonds is 7. The van der Waals surface area contributed by atoms with Crippen LogP contribution in [0.1, 0.15) is 36.0 Å². The first-order valence-electron chi connectivity index (χ1n) is 7.72. The molecule has 1 unspecified atom stereocenters. The van der Waals surface area contributed by atoms with E-state index < -0.39 is 11.9 Å². The van der Waals surface area contributed by atoms with Crippen molar-refractivity contribution in [1.82, 2.24) is 0 Å². The van der Waals surface area contributed by atoms with Crippen molar-refractivity contribution in [3.8, 4) is 5.75 Å². The Morgan fingerprint density at radius 2 is 2.04 bits per heavy atom. The summed E-state index contributed by atoms with van der Waals surface area (Å²) in [5.74, 6) is -1.22. The van der Waals surface area contributed by atoms with Gasteiger partial charge in [0.25, 0.3) is 0 Å². The molecular formula is C19H21FO3. The van der Waals surface area contributed by atoms with Crippen LogP contribution in [-0.2, 0) is 11.2 Å². The standard InChI is InChI=1S/C19H21FO3/c1-3-9-23-18-8-7-15(10-13(18)2)17(19(21)22)12-14-5-4-6-16(20)11-14/h4-8,10-11,17H,3,9,12H2,1-2H3,(H,21,22). The van der Waals surface area contributed by atoms with E-state index in [9.17, 15) is 14.3 Å². The lowest BCUT2D eigenvalue weighted by Gasteiger charge is -2.16. The number of carbonyl (C=O) groups is 1. The molecule has 0 amide bonds. The zero-order chi connectivity index (χ0) is 16.8. The maximum atomic E-state index is 13.3. The third-order valence-electron chi connectivity index (χ3n) is 3.69. The monoisotopic (exact) mass is 316 g/mol. The van der Waals surface area contributed by atoms with E-state index in [1.54, 1.807) is 18.2 Å². The van der Waals surface area contributed by atoms with Crippen LogP contribution in [0.25, 0.3) is 0 Å². The van der Waals surface area contributed by atoms with E-state index in [0.717, 1.165) is 17.7 Å². The largest absolute Gasteiger partial charge is 0.493 e. The van der Waals surface area contributed by atoms with Gasteiger partial charge in [0.05, 0.1) is 12.5 Å². The van der Waals surface area contributed by atoms with Gasteiger partial charge in [-0.1, -0.05) is 31.2 Å². The zero-order valence-electron chi connectivity index (χ0n) is 13.4. The van der Waals surface area contributed by atoms with Crippen LogP contribution < -0.4 is 4.74 Å². The number of carboxylic acid groups (broad SMARTS) is 1. The van der Waals surface area contributed by atoms with Gasteiger partial charge in [-0.25, -0.2) is 4.39 Å². The van der Waals surface area contributed by atoms with E-state index in [2.05, 4.69) is 0 Å². The molecule has 0 aliphatic rings. The highest BCUT2D eigenvalue weighted by Gasteiger charge is 2.21. The van der Waals surface area contributed by atoms with Crippen molar-refractivity contribution >= 4 is 5.97 Å². The number of aryl methyl sites for hydroxylation is 1. The van der Waals surface area contributed by atoms with Gasteiger partial charge in [0.2, 0.25) is 0 Å². The number of aliphatic carboxylic acids is 1. The molecule has 122 valence electrons. The van der Waals surface area contributed by atoms with Gasteiger partial charge in [-0.3, -0.25) is 4.79 Å². The number of hydrogen-bond acceptors (Lipinski definition) is 2. The topological polar surface area (TPSA) is 46.5 Å². The molecule has 0 saturated carbocycles. The van der Waals surface area contributed by atoms with Crippen molar-refractivity contribution in [3.63, 3.8) is 0 Å². The normalized spacial score (nSPS) is 12.0. The molecule has 3 nitrogen and oxygen atoms in total. The van der Waals surface area contributed by atoms with Crippen molar-refractivity contribution in [3.05, 3.63) is 65.0 Å². The molecule has 0 saturated heterocycles. The van der Waals surface area contributed by atoms with Gasteiger partial charge in [-0.15, -0.1) is 0 Å². The molecule has 0 bridgehead atoms. The molecule has 0 spiro atoms. The van der Waals surface area contributed by atoms with E-state index >= 15 is 0 Å². The fraction of sp³-hybridized carbons (Fsp3) is 0.316. The average Bonchev–Trinajstić information content (AvgIpc) is 2.51. The highest BCUT2D eigenvalue weighted by molar-refractivity contribution is 5.76. The summed E-state index contributed by atoms with van der Waals surface area (Å²) in [6.45, 7) is 4.56. The Hall–Kier alpha value is -2.36. The minimum atomic E-state index is -0.920. The van der Waals surface area contributed by atoms with Crippen LogP contribution in [0.5, 0.6) is 5.75 Å². The summed E-state index contributed by atoms with van der Waals surface area (Å²) < 4.78 is 18.9. The van der Waals surface area contributed by atoms with Crippen molar-refractivity contribution in [2.75, 3.05) is 6.61 Å². The maximum absolute atomic E-state index is 13.3. The Morgan fingerprint density at radius 1 is 1.26 bits per heavy atom. The van der Waals surface area contributed by atoms with Crippen LogP contribution in [0.2, 0.25) is 0 Å². The Bertz CT molecular complexity index is 682. The second-order valence-electron chi connectivity index (χ2n) is 5.60. The van der Waals surface area contributed by atoms with Crippen molar-refractivity contribution in [2.24, 2.45) is 0 Å². The van der Waals surface area contributed by atoms with Gasteiger partial charge in [-0.05, 0) is 54.7 Å². The quantitative estimate of drug-likeness (QED) is 0.827. The number of ether oxygens (including phenoxy) is 1. The van der Waals surface area contributed by atoms with Gasteiger partial charge < -0.3 is 9.84 Å². The first-order chi connectivity index (χ1) is 11.0. The molecule has 0 aliphatic carbocycles. The van der Waals surface area contributed by atoms with Crippen LogP contribution in [0, 0.1) is 12.7 Å². The molecule has 1 atom stereocenters. The third-order valence-corrected chi connectivity index (χ3v) is 3.69. The molecular weight excluding hydrogens is 295 g/mol. The predicted molar refractivity (Wildman–Crippen MR) is 87.4 cm³/mol. The smallest absolute Gasteiger partial charge is 0.311 e. The van der Waals surface area contributed by atoms with E-state index in [-0.39, 0.29) is 12.2 Å². The van der Waals surface area contributed by atoms with Gasteiger partial charge >= 0.3 is 5.97 Å². The number of hydrogen-bond donors (Lipinski definition) is 1. The van der Waals surface area contributed by atoms with Crippen molar-refractivity contribution in [2.45, 2.75) is 32.6 Å². The predicted octanol–water partition coefficient (Wildman–Crippen LogP) is 4.33. The zero-order valence-corrected chi connectivity index (χ0v) is 13.4. The van der Waals surface area contributed by atoms with Crippen LogP contribution in [0.4, 0.5) is 4.39 Å². The van der Waals surface area contributed by atoms with Crippen LogP contribution in [0.15, 0.2) is 42.5 Å². The van der Waals surface area contributed by atoms with Crippen LogP contribution in [-0.4, -0.2) is 17.7 Å². The van der Waals surface area contributed by atoms with Crippen molar-refractivity contribution < 1.29 is 19.0 Å². The summed E-state index contributed by atoms with van der Waals surface area (Å²) in [5, 5.41) is 9.53. The molecule has 0 aliphatic heterocycles. The molecule has 0 radical (unpaired) electrons. The fourth-order valence-electron chi connectivity index (χ4n) is 2.51. The summed E-state index contributed by atoms with van der Waals surface area (Å²) in [4.78, 5) is 11.6. The van der Waals surface area contributed by atoms with Gasteiger partial charge in [0, 0.05) is 0 Å². The number of carboxylic acids is 1. The lowest BCUT2D eigenvalue weighted by atomic mass is 9.91. The molecule has 2 rings (SSSR count). The molecule has 0 fully saturated rings. The molecule has 2 aromatic rings. The molecule has 2 aromatic carbocycles. The van der Waals surface area contributed by atoms with E-state index in [0.29, 0.717) is 17.7 Å². The first kappa shape index (κ1) is 17.0. The molecule has 1 N–H and O–H groups in total. The lowest BCUT2D eigenvalue weighted by Crippen LogP contribution is -2.15. The van der Waals surface area contributed by atoms with E-state index in [4.69, 9.17) is 4.74 Å². The summed E-state index contributed by atoms with van der Waals surface area (Å²) in [5.41, 5.74) is 2.27. The minimum Gasteiger partial charge on any atom is -0.493 e. The van der Waals surface area contributed by atoms with E-state index in [1.165, 1.54) is 12.1 Å². The van der Waals surface area contributed by atoms with Crippen molar-refractivity contribution in [1.29, 1.82) is 0 Å². The Balaban J connectivity index is 2.24.